The number of benzene rings is 8. The van der Waals surface area contributed by atoms with Crippen LogP contribution in [0.4, 0.5) is 0 Å². The van der Waals surface area contributed by atoms with Crippen molar-refractivity contribution < 1.29 is 4.42 Å². The molecular formula is C49H31N3O. The second-order valence-electron chi connectivity index (χ2n) is 13.2. The molecule has 0 amide bonds. The Morgan fingerprint density at radius 2 is 0.811 bits per heavy atom. The average molecular weight is 678 g/mol. The highest BCUT2D eigenvalue weighted by Crippen LogP contribution is 2.44. The fourth-order valence-electron chi connectivity index (χ4n) is 7.39. The van der Waals surface area contributed by atoms with Gasteiger partial charge < -0.3 is 4.42 Å². The Kier molecular flexibility index (Phi) is 7.43. The third kappa shape index (κ3) is 5.54. The highest BCUT2D eigenvalue weighted by Gasteiger charge is 2.22. The molecule has 4 heteroatoms. The van der Waals surface area contributed by atoms with E-state index in [1.807, 2.05) is 30.3 Å². The molecule has 53 heavy (non-hydrogen) atoms. The van der Waals surface area contributed by atoms with Gasteiger partial charge in [0.05, 0.1) is 0 Å². The van der Waals surface area contributed by atoms with Gasteiger partial charge in [0, 0.05) is 32.8 Å². The van der Waals surface area contributed by atoms with Crippen molar-refractivity contribution in [2.24, 2.45) is 0 Å². The van der Waals surface area contributed by atoms with Crippen LogP contribution >= 0.6 is 0 Å². The third-order valence-corrected chi connectivity index (χ3v) is 9.91. The van der Waals surface area contributed by atoms with Crippen molar-refractivity contribution >= 4 is 32.7 Å². The van der Waals surface area contributed by atoms with Gasteiger partial charge in [-0.1, -0.05) is 164 Å². The molecule has 0 saturated carbocycles. The van der Waals surface area contributed by atoms with E-state index >= 15 is 0 Å². The van der Waals surface area contributed by atoms with Crippen molar-refractivity contribution in [3.8, 4) is 67.5 Å². The topological polar surface area (TPSA) is 51.8 Å². The normalized spacial score (nSPS) is 11.4. The lowest BCUT2D eigenvalue weighted by atomic mass is 9.93. The van der Waals surface area contributed by atoms with Crippen molar-refractivity contribution in [3.05, 3.63) is 188 Å². The van der Waals surface area contributed by atoms with Crippen LogP contribution in [0.5, 0.6) is 0 Å². The van der Waals surface area contributed by atoms with Gasteiger partial charge in [-0.25, -0.2) is 15.0 Å². The molecule has 2 heterocycles. The van der Waals surface area contributed by atoms with Crippen LogP contribution in [-0.2, 0) is 0 Å². The number of fused-ring (bicyclic) bond motifs is 5. The minimum atomic E-state index is 0.587. The Morgan fingerprint density at radius 3 is 1.43 bits per heavy atom. The van der Waals surface area contributed by atoms with Crippen LogP contribution < -0.4 is 0 Å². The van der Waals surface area contributed by atoms with E-state index in [0.717, 1.165) is 82.8 Å². The lowest BCUT2D eigenvalue weighted by Gasteiger charge is -2.13. The van der Waals surface area contributed by atoms with Crippen LogP contribution in [0.3, 0.4) is 0 Å². The number of para-hydroxylation sites is 1. The van der Waals surface area contributed by atoms with Gasteiger partial charge >= 0.3 is 0 Å². The third-order valence-electron chi connectivity index (χ3n) is 9.91. The molecule has 0 spiro atoms. The van der Waals surface area contributed by atoms with Crippen LogP contribution in [0.2, 0.25) is 0 Å². The SMILES string of the molecule is c1ccc(-c2cccc(-c3nc(-c4cccc(-c5ccccc5)c4)nc(-c4cc5cccc(-c6ccccc6)c5c5oc6ccccc6c45)n3)c2)cc1. The molecule has 0 atom stereocenters. The first-order valence-electron chi connectivity index (χ1n) is 17.8. The van der Waals surface area contributed by atoms with E-state index in [2.05, 4.69) is 158 Å². The first-order chi connectivity index (χ1) is 26.3. The van der Waals surface area contributed by atoms with E-state index in [-0.39, 0.29) is 0 Å². The van der Waals surface area contributed by atoms with E-state index in [1.165, 1.54) is 0 Å². The highest BCUT2D eigenvalue weighted by molar-refractivity contribution is 6.23. The van der Waals surface area contributed by atoms with Gasteiger partial charge in [-0.3, -0.25) is 0 Å². The molecule has 0 radical (unpaired) electrons. The molecular weight excluding hydrogens is 647 g/mol. The average Bonchev–Trinajstić information content (AvgIpc) is 3.64. The number of rotatable bonds is 6. The molecule has 0 aliphatic carbocycles. The van der Waals surface area contributed by atoms with Crippen LogP contribution in [0.15, 0.2) is 192 Å². The lowest BCUT2D eigenvalue weighted by Crippen LogP contribution is -2.01. The van der Waals surface area contributed by atoms with E-state index < -0.39 is 0 Å². The van der Waals surface area contributed by atoms with Gasteiger partial charge in [0.15, 0.2) is 17.5 Å². The van der Waals surface area contributed by atoms with Crippen molar-refractivity contribution in [1.29, 1.82) is 0 Å². The second kappa shape index (κ2) is 12.9. The summed E-state index contributed by atoms with van der Waals surface area (Å²) in [4.78, 5) is 15.7. The Labute approximate surface area is 306 Å². The summed E-state index contributed by atoms with van der Waals surface area (Å²) in [6.07, 6.45) is 0. The van der Waals surface area contributed by atoms with Gasteiger partial charge in [-0.2, -0.15) is 0 Å². The molecule has 0 N–H and O–H groups in total. The van der Waals surface area contributed by atoms with Gasteiger partial charge in [-0.05, 0) is 63.0 Å². The van der Waals surface area contributed by atoms with E-state index in [4.69, 9.17) is 19.4 Å². The van der Waals surface area contributed by atoms with Crippen molar-refractivity contribution in [3.63, 3.8) is 0 Å². The molecule has 0 aliphatic heterocycles. The second-order valence-corrected chi connectivity index (χ2v) is 13.2. The molecule has 8 aromatic carbocycles. The van der Waals surface area contributed by atoms with Gasteiger partial charge in [-0.15, -0.1) is 0 Å². The lowest BCUT2D eigenvalue weighted by molar-refractivity contribution is 0.673. The monoisotopic (exact) mass is 677 g/mol. The molecule has 0 saturated heterocycles. The van der Waals surface area contributed by atoms with Gasteiger partial charge in [0.1, 0.15) is 11.2 Å². The quantitative estimate of drug-likeness (QED) is 0.176. The zero-order valence-corrected chi connectivity index (χ0v) is 28.6. The predicted octanol–water partition coefficient (Wildman–Crippen LogP) is 12.9. The fourth-order valence-corrected chi connectivity index (χ4v) is 7.39. The molecule has 248 valence electrons. The Balaban J connectivity index is 1.25. The Hall–Kier alpha value is -7.17. The Bertz CT molecular complexity index is 2830. The smallest absolute Gasteiger partial charge is 0.164 e. The molecule has 2 aromatic heterocycles. The largest absolute Gasteiger partial charge is 0.455 e. The van der Waals surface area contributed by atoms with E-state index in [0.29, 0.717) is 17.5 Å². The molecule has 0 aliphatic rings. The van der Waals surface area contributed by atoms with Crippen LogP contribution in [-0.4, -0.2) is 15.0 Å². The first-order valence-corrected chi connectivity index (χ1v) is 17.8. The molecule has 0 unspecified atom stereocenters. The van der Waals surface area contributed by atoms with Crippen molar-refractivity contribution in [1.82, 2.24) is 15.0 Å². The predicted molar refractivity (Wildman–Crippen MR) is 217 cm³/mol. The standard InChI is InChI=1S/C49H31N3O/c1-4-15-32(16-5-1)35-21-12-24-38(29-35)47-50-48(39-25-13-22-36(30-39)33-17-6-2-7-18-33)52-49(51-47)42-31-37-23-14-27-40(34-19-8-3-9-20-34)44(37)46-45(42)41-26-10-11-28-43(41)53-46/h1-31H. The number of aromatic nitrogens is 3. The maximum absolute atomic E-state index is 6.78. The summed E-state index contributed by atoms with van der Waals surface area (Å²) in [5, 5.41) is 4.11. The van der Waals surface area contributed by atoms with E-state index in [9.17, 15) is 0 Å². The summed E-state index contributed by atoms with van der Waals surface area (Å²) in [5.41, 5.74) is 11.1. The summed E-state index contributed by atoms with van der Waals surface area (Å²) in [7, 11) is 0. The van der Waals surface area contributed by atoms with Crippen LogP contribution in [0, 0.1) is 0 Å². The van der Waals surface area contributed by atoms with Crippen LogP contribution in [0.25, 0.3) is 100 Å². The van der Waals surface area contributed by atoms with Gasteiger partial charge in [0.2, 0.25) is 0 Å². The molecule has 0 fully saturated rings. The summed E-state index contributed by atoms with van der Waals surface area (Å²) >= 11 is 0. The summed E-state index contributed by atoms with van der Waals surface area (Å²) in [6.45, 7) is 0. The maximum atomic E-state index is 6.78. The van der Waals surface area contributed by atoms with Gasteiger partial charge in [0.25, 0.3) is 0 Å². The number of hydrogen-bond donors (Lipinski definition) is 0. The fraction of sp³-hybridized carbons (Fsp3) is 0. The number of hydrogen-bond acceptors (Lipinski definition) is 4. The minimum Gasteiger partial charge on any atom is -0.455 e. The summed E-state index contributed by atoms with van der Waals surface area (Å²) < 4.78 is 6.78. The highest BCUT2D eigenvalue weighted by atomic mass is 16.3. The van der Waals surface area contributed by atoms with Crippen molar-refractivity contribution in [2.45, 2.75) is 0 Å². The minimum absolute atomic E-state index is 0.587. The number of furan rings is 1. The summed E-state index contributed by atoms with van der Waals surface area (Å²) in [5.74, 6) is 1.79. The van der Waals surface area contributed by atoms with E-state index in [1.54, 1.807) is 0 Å². The van der Waals surface area contributed by atoms with Crippen molar-refractivity contribution in [2.75, 3.05) is 0 Å². The maximum Gasteiger partial charge on any atom is 0.164 e. The molecule has 0 bridgehead atoms. The summed E-state index contributed by atoms with van der Waals surface area (Å²) in [6, 6.07) is 65.0. The molecule has 10 aromatic rings. The first kappa shape index (κ1) is 30.6. The molecule has 10 rings (SSSR count). The van der Waals surface area contributed by atoms with Crippen LogP contribution in [0.1, 0.15) is 0 Å². The molecule has 4 nitrogen and oxygen atoms in total. The zero-order valence-electron chi connectivity index (χ0n) is 28.6. The Morgan fingerprint density at radius 1 is 0.321 bits per heavy atom. The zero-order chi connectivity index (χ0) is 35.1. The number of nitrogens with zero attached hydrogens (tertiary/aromatic N) is 3.